The predicted molar refractivity (Wildman–Crippen MR) is 151 cm³/mol. The van der Waals surface area contributed by atoms with Gasteiger partial charge in [0.25, 0.3) is 0 Å². The van der Waals surface area contributed by atoms with Crippen LogP contribution < -0.4 is 11.1 Å². The number of carbonyl (C=O) groups excluding carboxylic acids is 1. The van der Waals surface area contributed by atoms with E-state index in [4.69, 9.17) is 62.7 Å². The number of nitrogens with two attached hydrogens (primary N) is 1. The highest BCUT2D eigenvalue weighted by Gasteiger charge is 1.96. The molecule has 0 radical (unpaired) electrons. The maximum Gasteiger partial charge on any atom is 0.307 e. The molecule has 0 aromatic heterocycles. The van der Waals surface area contributed by atoms with E-state index in [1.807, 2.05) is 0 Å². The molecule has 0 unspecified atom stereocenters. The van der Waals surface area contributed by atoms with Crippen LogP contribution in [0.4, 0.5) is 0 Å². The van der Waals surface area contributed by atoms with Crippen molar-refractivity contribution in [1.29, 1.82) is 0 Å². The van der Waals surface area contributed by atoms with Gasteiger partial charge in [0, 0.05) is 6.54 Å². The Morgan fingerprint density at radius 2 is 0.610 bits per heavy atom. The molecule has 0 aliphatic carbocycles. The van der Waals surface area contributed by atoms with Crippen molar-refractivity contribution >= 4 is 13.6 Å². The molecule has 0 saturated heterocycles. The molecule has 0 rings (SSSR count). The van der Waals surface area contributed by atoms with Crippen molar-refractivity contribution in [3.8, 4) is 0 Å². The van der Waals surface area contributed by atoms with Crippen LogP contribution in [-0.4, -0.2) is 172 Å². The van der Waals surface area contributed by atoms with Gasteiger partial charge in [0.15, 0.2) is 0 Å². The first-order valence-corrected chi connectivity index (χ1v) is 14.2. The largest absolute Gasteiger partial charge is 0.378 e. The molecular weight excluding hydrogens is 547 g/mol. The van der Waals surface area contributed by atoms with Crippen molar-refractivity contribution in [2.24, 2.45) is 5.73 Å². The number of hydrogen-bond donors (Lipinski definition) is 2. The van der Waals surface area contributed by atoms with Crippen molar-refractivity contribution < 1.29 is 61.7 Å². The van der Waals surface area contributed by atoms with Crippen molar-refractivity contribution in [2.45, 2.75) is 0 Å². The Morgan fingerprint density at radius 1 is 0.390 bits per heavy atom. The third-order valence-electron chi connectivity index (χ3n) is 4.58. The second-order valence-corrected chi connectivity index (χ2v) is 7.89. The summed E-state index contributed by atoms with van der Waals surface area (Å²) in [7, 11) is 0.164. The van der Waals surface area contributed by atoms with Gasteiger partial charge >= 0.3 is 7.41 Å². The fourth-order valence-electron chi connectivity index (χ4n) is 2.65. The Bertz CT molecular complexity index is 491. The van der Waals surface area contributed by atoms with E-state index in [1.54, 1.807) is 0 Å². The molecule has 0 aliphatic heterocycles. The summed E-state index contributed by atoms with van der Waals surface area (Å²) in [6, 6.07) is 0. The van der Waals surface area contributed by atoms with Gasteiger partial charge in [0.05, 0.1) is 158 Å². The Kier molecular flexibility index (Phi) is 38.4. The van der Waals surface area contributed by atoms with E-state index >= 15 is 0 Å². The molecule has 0 aromatic rings. The highest BCUT2D eigenvalue weighted by molar-refractivity contribution is 6.64. The van der Waals surface area contributed by atoms with E-state index < -0.39 is 0 Å². The topological polar surface area (TPSA) is 166 Å². The third kappa shape index (κ3) is 39.2. The number of ether oxygens (including phenoxy) is 11. The van der Waals surface area contributed by atoms with E-state index in [0.717, 1.165) is 6.19 Å². The summed E-state index contributed by atoms with van der Waals surface area (Å²) in [6.45, 7) is 12.0. The number of carbonyl (C=O) groups is 1. The molecule has 244 valence electrons. The molecule has 15 nitrogen and oxygen atoms in total. The highest BCUT2D eigenvalue weighted by Crippen LogP contribution is 1.87. The molecule has 0 bridgehead atoms. The Hall–Kier alpha value is -0.825. The SMILES string of the molecule is NCCOCCOCCOCCOCCOCCOCCOCCOCCOCCOCCOCCONBC=O. The van der Waals surface area contributed by atoms with Gasteiger partial charge in [-0.05, 0) is 0 Å². The van der Waals surface area contributed by atoms with Crippen LogP contribution in [0.5, 0.6) is 0 Å². The van der Waals surface area contributed by atoms with Crippen LogP contribution in [0.3, 0.4) is 0 Å². The van der Waals surface area contributed by atoms with Gasteiger partial charge in [-0.1, -0.05) is 0 Å². The van der Waals surface area contributed by atoms with Gasteiger partial charge in [-0.3, -0.25) is 0 Å². The molecule has 0 saturated carbocycles. The standard InChI is InChI=1S/C25H53BN2O13/c27-1-2-30-3-4-31-5-6-32-7-8-33-9-10-34-11-12-35-13-14-36-15-16-37-17-18-38-19-20-39-21-22-40-23-24-41-28-26-25-29/h25-26,28H,1-24,27H2. The van der Waals surface area contributed by atoms with Gasteiger partial charge in [-0.15, -0.1) is 0 Å². The molecular formula is C25H53BN2O13. The van der Waals surface area contributed by atoms with Gasteiger partial charge in [-0.2, -0.15) is 0 Å². The van der Waals surface area contributed by atoms with Gasteiger partial charge in [0.2, 0.25) is 0 Å². The van der Waals surface area contributed by atoms with Crippen LogP contribution in [0, 0.1) is 0 Å². The predicted octanol–water partition coefficient (Wildman–Crippen LogP) is -1.81. The second-order valence-electron chi connectivity index (χ2n) is 7.89. The monoisotopic (exact) mass is 600 g/mol. The Morgan fingerprint density at radius 3 is 0.829 bits per heavy atom. The maximum absolute atomic E-state index is 10.1. The van der Waals surface area contributed by atoms with Gasteiger partial charge in [-0.25, -0.2) is 5.39 Å². The van der Waals surface area contributed by atoms with Crippen LogP contribution in [0.15, 0.2) is 0 Å². The lowest BCUT2D eigenvalue weighted by molar-refractivity contribution is -0.0290. The summed E-state index contributed by atoms with van der Waals surface area (Å²) < 4.78 is 59.3. The van der Waals surface area contributed by atoms with Gasteiger partial charge in [0.1, 0.15) is 0 Å². The van der Waals surface area contributed by atoms with E-state index in [9.17, 15) is 4.79 Å². The van der Waals surface area contributed by atoms with Crippen LogP contribution in [0.25, 0.3) is 0 Å². The minimum atomic E-state index is 0.164. The smallest absolute Gasteiger partial charge is 0.307 e. The minimum absolute atomic E-state index is 0.164. The number of hydrogen-bond acceptors (Lipinski definition) is 15. The molecule has 0 fully saturated rings. The summed E-state index contributed by atoms with van der Waals surface area (Å²) in [4.78, 5) is 15.0. The summed E-state index contributed by atoms with van der Waals surface area (Å²) in [5, 5.41) is 2.48. The second kappa shape index (κ2) is 39.2. The molecule has 0 spiro atoms. The van der Waals surface area contributed by atoms with Crippen molar-refractivity contribution in [3.05, 3.63) is 0 Å². The Labute approximate surface area is 245 Å². The fraction of sp³-hybridized carbons (Fsp3) is 0.960. The Balaban J connectivity index is 3.02. The average Bonchev–Trinajstić information content (AvgIpc) is 2.98. The highest BCUT2D eigenvalue weighted by atomic mass is 16.6. The van der Waals surface area contributed by atoms with E-state index in [2.05, 4.69) is 5.39 Å². The maximum atomic E-state index is 10.1. The number of nitrogens with one attached hydrogen (secondary N) is 1. The lowest BCUT2D eigenvalue weighted by Gasteiger charge is -2.09. The third-order valence-corrected chi connectivity index (χ3v) is 4.58. The quantitative estimate of drug-likeness (QED) is 0.0352. The average molecular weight is 601 g/mol. The molecule has 16 heteroatoms. The van der Waals surface area contributed by atoms with Crippen LogP contribution in [-0.2, 0) is 61.7 Å². The normalized spacial score (nSPS) is 11.3. The zero-order valence-electron chi connectivity index (χ0n) is 24.6. The van der Waals surface area contributed by atoms with Crippen LogP contribution >= 0.6 is 0 Å². The first kappa shape index (κ1) is 40.2. The summed E-state index contributed by atoms with van der Waals surface area (Å²) in [5.74, 6) is 0. The van der Waals surface area contributed by atoms with Crippen molar-refractivity contribution in [3.63, 3.8) is 0 Å². The van der Waals surface area contributed by atoms with Gasteiger partial charge < -0.3 is 67.5 Å². The summed E-state index contributed by atoms with van der Waals surface area (Å²) in [6.07, 6.45) is 0.721. The van der Waals surface area contributed by atoms with E-state index in [1.165, 1.54) is 0 Å². The van der Waals surface area contributed by atoms with E-state index in [-0.39, 0.29) is 7.41 Å². The zero-order valence-corrected chi connectivity index (χ0v) is 24.6. The molecule has 0 aliphatic rings. The number of rotatable bonds is 38. The summed E-state index contributed by atoms with van der Waals surface area (Å²) in [5.41, 5.74) is 5.32. The minimum Gasteiger partial charge on any atom is -0.378 e. The zero-order chi connectivity index (χ0) is 29.6. The first-order valence-electron chi connectivity index (χ1n) is 14.2. The van der Waals surface area contributed by atoms with Crippen molar-refractivity contribution in [1.82, 2.24) is 5.39 Å². The molecule has 0 amide bonds. The molecule has 41 heavy (non-hydrogen) atoms. The summed E-state index contributed by atoms with van der Waals surface area (Å²) >= 11 is 0. The molecule has 0 atom stereocenters. The van der Waals surface area contributed by atoms with Crippen molar-refractivity contribution in [2.75, 3.05) is 159 Å². The fourth-order valence-corrected chi connectivity index (χ4v) is 2.65. The van der Waals surface area contributed by atoms with E-state index in [0.29, 0.717) is 159 Å². The van der Waals surface area contributed by atoms with Crippen LogP contribution in [0.2, 0.25) is 0 Å². The lowest BCUT2D eigenvalue weighted by Crippen LogP contribution is -2.23. The molecule has 3 N–H and O–H groups in total. The van der Waals surface area contributed by atoms with Crippen LogP contribution in [0.1, 0.15) is 0 Å². The lowest BCUT2D eigenvalue weighted by atomic mass is 10.0. The molecule has 0 heterocycles. The molecule has 0 aromatic carbocycles. The first-order chi connectivity index (χ1) is 20.4.